The first kappa shape index (κ1) is 13.8. The molecule has 1 unspecified atom stereocenters. The zero-order valence-electron chi connectivity index (χ0n) is 11.6. The number of ether oxygens (including phenoxy) is 1. The molecule has 1 aromatic carbocycles. The highest BCUT2D eigenvalue weighted by Gasteiger charge is 2.49. The third-order valence-corrected chi connectivity index (χ3v) is 3.81. The minimum Gasteiger partial charge on any atom is -0.467 e. The number of anilines is 1. The highest BCUT2D eigenvalue weighted by Crippen LogP contribution is 2.45. The molecule has 1 fully saturated rings. The van der Waals surface area contributed by atoms with Gasteiger partial charge in [0.2, 0.25) is 0 Å². The molecule has 0 spiro atoms. The van der Waals surface area contributed by atoms with Crippen LogP contribution in [0.3, 0.4) is 0 Å². The number of rotatable bonds is 3. The fourth-order valence-electron chi connectivity index (χ4n) is 2.88. The summed E-state index contributed by atoms with van der Waals surface area (Å²) in [7, 11) is 1.40. The summed E-state index contributed by atoms with van der Waals surface area (Å²) in [6.45, 7) is 4.29. The smallest absolute Gasteiger partial charge is 0.331 e. The summed E-state index contributed by atoms with van der Waals surface area (Å²) >= 11 is 0. The molecule has 0 radical (unpaired) electrons. The zero-order chi connectivity index (χ0) is 14.1. The molecular weight excluding hydrogens is 245 g/mol. The minimum atomic E-state index is -0.698. The Morgan fingerprint density at radius 2 is 1.89 bits per heavy atom. The first-order valence-corrected chi connectivity index (χ1v) is 6.49. The van der Waals surface area contributed by atoms with Gasteiger partial charge in [-0.15, -0.1) is 0 Å². The topological polar surface area (TPSA) is 38.3 Å². The second-order valence-corrected chi connectivity index (χ2v) is 6.05. The molecule has 0 aliphatic heterocycles. The number of methoxy groups -OCH3 is 1. The monoisotopic (exact) mass is 265 g/mol. The van der Waals surface area contributed by atoms with E-state index in [-0.39, 0.29) is 17.2 Å². The number of benzene rings is 1. The molecular formula is C15H20FNO2. The Balaban J connectivity index is 2.25. The van der Waals surface area contributed by atoms with Gasteiger partial charge < -0.3 is 10.1 Å². The van der Waals surface area contributed by atoms with Crippen LogP contribution >= 0.6 is 0 Å². The number of halogens is 1. The summed E-state index contributed by atoms with van der Waals surface area (Å²) in [5, 5.41) is 3.25. The van der Waals surface area contributed by atoms with E-state index in [9.17, 15) is 9.18 Å². The lowest BCUT2D eigenvalue weighted by Crippen LogP contribution is -2.45. The lowest BCUT2D eigenvalue weighted by atomic mass is 9.87. The maximum Gasteiger partial charge on any atom is 0.331 e. The van der Waals surface area contributed by atoms with Crippen LogP contribution in [0.1, 0.15) is 33.1 Å². The van der Waals surface area contributed by atoms with Gasteiger partial charge in [-0.1, -0.05) is 13.8 Å². The Hall–Kier alpha value is -1.58. The van der Waals surface area contributed by atoms with Gasteiger partial charge in [0.05, 0.1) is 7.11 Å². The highest BCUT2D eigenvalue weighted by molar-refractivity contribution is 5.85. The third-order valence-electron chi connectivity index (χ3n) is 3.81. The van der Waals surface area contributed by atoms with Gasteiger partial charge >= 0.3 is 5.97 Å². The molecule has 104 valence electrons. The van der Waals surface area contributed by atoms with Crippen LogP contribution in [-0.4, -0.2) is 18.6 Å². The van der Waals surface area contributed by atoms with Gasteiger partial charge in [0.15, 0.2) is 0 Å². The summed E-state index contributed by atoms with van der Waals surface area (Å²) in [4.78, 5) is 12.1. The van der Waals surface area contributed by atoms with Crippen molar-refractivity contribution in [2.24, 2.45) is 5.41 Å². The molecule has 0 amide bonds. The molecule has 1 N–H and O–H groups in total. The van der Waals surface area contributed by atoms with Gasteiger partial charge in [-0.05, 0) is 48.9 Å². The Kier molecular flexibility index (Phi) is 3.52. The summed E-state index contributed by atoms with van der Waals surface area (Å²) in [6.07, 6.45) is 2.39. The molecule has 0 aromatic heterocycles. The number of carbonyl (C=O) groups is 1. The SMILES string of the molecule is COC(=O)C1(Nc2ccc(F)cc2)CCC(C)(C)C1. The largest absolute Gasteiger partial charge is 0.467 e. The number of carbonyl (C=O) groups excluding carboxylic acids is 1. The van der Waals surface area contributed by atoms with E-state index in [1.165, 1.54) is 19.2 Å². The number of hydrogen-bond acceptors (Lipinski definition) is 3. The van der Waals surface area contributed by atoms with E-state index >= 15 is 0 Å². The summed E-state index contributed by atoms with van der Waals surface area (Å²) in [5.41, 5.74) is 0.140. The summed E-state index contributed by atoms with van der Waals surface area (Å²) < 4.78 is 17.9. The van der Waals surface area contributed by atoms with Crippen molar-refractivity contribution >= 4 is 11.7 Å². The second-order valence-electron chi connectivity index (χ2n) is 6.05. The fourth-order valence-corrected chi connectivity index (χ4v) is 2.88. The minimum absolute atomic E-state index is 0.0984. The molecule has 1 aliphatic rings. The van der Waals surface area contributed by atoms with Crippen molar-refractivity contribution in [1.82, 2.24) is 0 Å². The van der Waals surface area contributed by atoms with Crippen molar-refractivity contribution in [1.29, 1.82) is 0 Å². The highest BCUT2D eigenvalue weighted by atomic mass is 19.1. The molecule has 3 nitrogen and oxygen atoms in total. The van der Waals surface area contributed by atoms with Crippen molar-refractivity contribution in [3.05, 3.63) is 30.1 Å². The Morgan fingerprint density at radius 3 is 2.37 bits per heavy atom. The van der Waals surface area contributed by atoms with Crippen molar-refractivity contribution in [3.63, 3.8) is 0 Å². The molecule has 0 saturated heterocycles. The number of esters is 1. The fraction of sp³-hybridized carbons (Fsp3) is 0.533. The normalized spacial score (nSPS) is 25.1. The molecule has 1 saturated carbocycles. The van der Waals surface area contributed by atoms with Gasteiger partial charge in [0.25, 0.3) is 0 Å². The second kappa shape index (κ2) is 4.83. The lowest BCUT2D eigenvalue weighted by Gasteiger charge is -2.30. The van der Waals surface area contributed by atoms with Crippen LogP contribution in [0, 0.1) is 11.2 Å². The predicted octanol–water partition coefficient (Wildman–Crippen LogP) is 3.36. The van der Waals surface area contributed by atoms with Gasteiger partial charge in [-0.25, -0.2) is 9.18 Å². The first-order valence-electron chi connectivity index (χ1n) is 6.49. The molecule has 1 aromatic rings. The molecule has 19 heavy (non-hydrogen) atoms. The summed E-state index contributed by atoms with van der Waals surface area (Å²) in [6, 6.07) is 6.05. The van der Waals surface area contributed by atoms with E-state index in [0.29, 0.717) is 6.42 Å². The molecule has 0 bridgehead atoms. The van der Waals surface area contributed by atoms with Crippen LogP contribution in [0.4, 0.5) is 10.1 Å². The van der Waals surface area contributed by atoms with E-state index in [4.69, 9.17) is 4.74 Å². The maximum atomic E-state index is 12.9. The zero-order valence-corrected chi connectivity index (χ0v) is 11.6. The van der Waals surface area contributed by atoms with Crippen LogP contribution < -0.4 is 5.32 Å². The standard InChI is InChI=1S/C15H20FNO2/c1-14(2)8-9-15(10-14,13(18)19-3)17-12-6-4-11(16)5-7-12/h4-7,17H,8-10H2,1-3H3. The molecule has 2 rings (SSSR count). The number of hydrogen-bond donors (Lipinski definition) is 1. The van der Waals surface area contributed by atoms with Crippen LogP contribution in [0.2, 0.25) is 0 Å². The van der Waals surface area contributed by atoms with Crippen LogP contribution in [0.15, 0.2) is 24.3 Å². The van der Waals surface area contributed by atoms with E-state index in [2.05, 4.69) is 19.2 Å². The van der Waals surface area contributed by atoms with Crippen LogP contribution in [0.5, 0.6) is 0 Å². The van der Waals surface area contributed by atoms with Crippen molar-refractivity contribution < 1.29 is 13.9 Å². The van der Waals surface area contributed by atoms with Crippen molar-refractivity contribution in [2.75, 3.05) is 12.4 Å². The first-order chi connectivity index (χ1) is 8.87. The molecule has 0 heterocycles. The average Bonchev–Trinajstić information content (AvgIpc) is 2.68. The Labute approximate surface area is 113 Å². The molecule has 4 heteroatoms. The van der Waals surface area contributed by atoms with E-state index < -0.39 is 5.54 Å². The van der Waals surface area contributed by atoms with Gasteiger partial charge in [-0.2, -0.15) is 0 Å². The summed E-state index contributed by atoms with van der Waals surface area (Å²) in [5.74, 6) is -0.535. The quantitative estimate of drug-likeness (QED) is 0.852. The van der Waals surface area contributed by atoms with Gasteiger partial charge in [0, 0.05) is 5.69 Å². The Bertz CT molecular complexity index is 470. The lowest BCUT2D eigenvalue weighted by molar-refractivity contribution is -0.146. The van der Waals surface area contributed by atoms with E-state index in [0.717, 1.165) is 18.5 Å². The Morgan fingerprint density at radius 1 is 1.26 bits per heavy atom. The van der Waals surface area contributed by atoms with Crippen LogP contribution in [-0.2, 0) is 9.53 Å². The third kappa shape index (κ3) is 2.88. The average molecular weight is 265 g/mol. The van der Waals surface area contributed by atoms with Crippen molar-refractivity contribution in [3.8, 4) is 0 Å². The van der Waals surface area contributed by atoms with Crippen molar-refractivity contribution in [2.45, 2.75) is 38.6 Å². The van der Waals surface area contributed by atoms with Crippen LogP contribution in [0.25, 0.3) is 0 Å². The van der Waals surface area contributed by atoms with Gasteiger partial charge in [0.1, 0.15) is 11.4 Å². The van der Waals surface area contributed by atoms with Gasteiger partial charge in [-0.3, -0.25) is 0 Å². The number of nitrogens with one attached hydrogen (secondary N) is 1. The maximum absolute atomic E-state index is 12.9. The van der Waals surface area contributed by atoms with E-state index in [1.807, 2.05) is 0 Å². The van der Waals surface area contributed by atoms with E-state index in [1.54, 1.807) is 12.1 Å². The predicted molar refractivity (Wildman–Crippen MR) is 72.4 cm³/mol. The molecule has 1 atom stereocenters. The molecule has 1 aliphatic carbocycles.